The van der Waals surface area contributed by atoms with Crippen LogP contribution in [0.15, 0.2) is 24.3 Å². The summed E-state index contributed by atoms with van der Waals surface area (Å²) in [6.07, 6.45) is 1.86. The molecule has 0 aliphatic heterocycles. The lowest BCUT2D eigenvalue weighted by molar-refractivity contribution is 0.414. The first-order valence-electron chi connectivity index (χ1n) is 5.60. The molecule has 0 amide bonds. The topological polar surface area (TPSA) is 66.0 Å². The van der Waals surface area contributed by atoms with Crippen molar-refractivity contribution in [3.63, 3.8) is 0 Å². The molecule has 2 rings (SSSR count). The Morgan fingerprint density at radius 1 is 1.41 bits per heavy atom. The maximum Gasteiger partial charge on any atom is 0.169 e. The fraction of sp³-hybridized carbons (Fsp3) is 0.333. The molecule has 0 bridgehead atoms. The van der Waals surface area contributed by atoms with E-state index in [0.717, 1.165) is 30.0 Å². The second-order valence-corrected chi connectivity index (χ2v) is 3.78. The van der Waals surface area contributed by atoms with Gasteiger partial charge >= 0.3 is 0 Å². The number of methoxy groups -OCH3 is 1. The first-order valence-corrected chi connectivity index (χ1v) is 5.60. The Bertz CT molecular complexity index is 507. The van der Waals surface area contributed by atoms with Crippen LogP contribution in [0.25, 0.3) is 5.69 Å². The van der Waals surface area contributed by atoms with Crippen LogP contribution in [0.4, 0.5) is 5.82 Å². The lowest BCUT2D eigenvalue weighted by Gasteiger charge is -2.07. The van der Waals surface area contributed by atoms with E-state index in [4.69, 9.17) is 10.5 Å². The van der Waals surface area contributed by atoms with Gasteiger partial charge in [0.05, 0.1) is 18.5 Å². The van der Waals surface area contributed by atoms with Crippen LogP contribution in [-0.4, -0.2) is 22.1 Å². The van der Waals surface area contributed by atoms with Gasteiger partial charge in [-0.15, -0.1) is 5.10 Å². The Morgan fingerprint density at radius 2 is 2.24 bits per heavy atom. The lowest BCUT2D eigenvalue weighted by atomic mass is 10.2. The quantitative estimate of drug-likeness (QED) is 0.873. The molecule has 0 atom stereocenters. The van der Waals surface area contributed by atoms with Gasteiger partial charge < -0.3 is 10.5 Å². The highest BCUT2D eigenvalue weighted by atomic mass is 16.5. The van der Waals surface area contributed by atoms with Crippen LogP contribution in [0.3, 0.4) is 0 Å². The normalized spacial score (nSPS) is 10.5. The molecule has 0 saturated carbocycles. The van der Waals surface area contributed by atoms with Gasteiger partial charge in [-0.1, -0.05) is 24.6 Å². The Balaban J connectivity index is 2.44. The molecule has 5 nitrogen and oxygen atoms in total. The van der Waals surface area contributed by atoms with Gasteiger partial charge in [0, 0.05) is 6.07 Å². The second-order valence-electron chi connectivity index (χ2n) is 3.78. The number of aromatic nitrogens is 3. The molecule has 1 aromatic heterocycles. The Kier molecular flexibility index (Phi) is 3.27. The van der Waals surface area contributed by atoms with E-state index in [1.165, 1.54) is 0 Å². The first-order chi connectivity index (χ1) is 8.26. The molecule has 5 heteroatoms. The van der Waals surface area contributed by atoms with Crippen molar-refractivity contribution in [3.8, 4) is 11.4 Å². The monoisotopic (exact) mass is 232 g/mol. The number of benzene rings is 1. The fourth-order valence-corrected chi connectivity index (χ4v) is 1.73. The third kappa shape index (κ3) is 2.22. The molecule has 1 aromatic carbocycles. The number of ether oxygens (including phenoxy) is 1. The molecule has 0 radical (unpaired) electrons. The minimum Gasteiger partial charge on any atom is -0.497 e. The summed E-state index contributed by atoms with van der Waals surface area (Å²) in [5.41, 5.74) is 7.67. The maximum absolute atomic E-state index is 5.81. The summed E-state index contributed by atoms with van der Waals surface area (Å²) in [6, 6.07) is 7.67. The van der Waals surface area contributed by atoms with Crippen LogP contribution in [0.5, 0.6) is 5.75 Å². The zero-order valence-corrected chi connectivity index (χ0v) is 10.1. The van der Waals surface area contributed by atoms with Crippen LogP contribution in [0.1, 0.15) is 19.0 Å². The fourth-order valence-electron chi connectivity index (χ4n) is 1.73. The van der Waals surface area contributed by atoms with Crippen molar-refractivity contribution in [2.24, 2.45) is 0 Å². The number of hydrogen-bond acceptors (Lipinski definition) is 4. The molecule has 0 aliphatic carbocycles. The van der Waals surface area contributed by atoms with Crippen LogP contribution in [-0.2, 0) is 6.42 Å². The Labute approximate surface area is 100 Å². The van der Waals surface area contributed by atoms with Crippen LogP contribution < -0.4 is 10.5 Å². The molecule has 0 saturated heterocycles. The van der Waals surface area contributed by atoms with Crippen LogP contribution >= 0.6 is 0 Å². The summed E-state index contributed by atoms with van der Waals surface area (Å²) in [5.74, 6) is 1.29. The van der Waals surface area contributed by atoms with Crippen molar-refractivity contribution in [1.29, 1.82) is 0 Å². The average Bonchev–Trinajstić information content (AvgIpc) is 2.72. The van der Waals surface area contributed by atoms with Crippen molar-refractivity contribution < 1.29 is 4.74 Å². The molecule has 0 spiro atoms. The van der Waals surface area contributed by atoms with Gasteiger partial charge in [-0.05, 0) is 18.6 Å². The van der Waals surface area contributed by atoms with E-state index < -0.39 is 0 Å². The van der Waals surface area contributed by atoms with E-state index in [2.05, 4.69) is 17.2 Å². The molecular weight excluding hydrogens is 216 g/mol. The van der Waals surface area contributed by atoms with E-state index in [0.29, 0.717) is 5.82 Å². The molecule has 0 unspecified atom stereocenters. The third-order valence-corrected chi connectivity index (χ3v) is 2.58. The number of nitrogens with two attached hydrogens (primary N) is 1. The first kappa shape index (κ1) is 11.4. The predicted molar refractivity (Wildman–Crippen MR) is 66.3 cm³/mol. The number of nitrogen functional groups attached to an aromatic ring is 1. The summed E-state index contributed by atoms with van der Waals surface area (Å²) in [6.45, 7) is 2.10. The maximum atomic E-state index is 5.81. The van der Waals surface area contributed by atoms with E-state index in [9.17, 15) is 0 Å². The van der Waals surface area contributed by atoms with Crippen molar-refractivity contribution in [2.45, 2.75) is 19.8 Å². The lowest BCUT2D eigenvalue weighted by Crippen LogP contribution is -2.03. The average molecular weight is 232 g/mol. The minimum atomic E-state index is 0.495. The number of anilines is 1. The van der Waals surface area contributed by atoms with Crippen LogP contribution in [0, 0.1) is 0 Å². The van der Waals surface area contributed by atoms with Crippen molar-refractivity contribution in [1.82, 2.24) is 15.0 Å². The predicted octanol–water partition coefficient (Wildman–Crippen LogP) is 1.81. The summed E-state index contributed by atoms with van der Waals surface area (Å²) in [4.78, 5) is 0. The molecule has 2 N–H and O–H groups in total. The van der Waals surface area contributed by atoms with Crippen molar-refractivity contribution >= 4 is 5.82 Å². The summed E-state index contributed by atoms with van der Waals surface area (Å²) in [7, 11) is 1.64. The minimum absolute atomic E-state index is 0.495. The van der Waals surface area contributed by atoms with Crippen molar-refractivity contribution in [2.75, 3.05) is 12.8 Å². The molecule has 17 heavy (non-hydrogen) atoms. The zero-order valence-electron chi connectivity index (χ0n) is 10.1. The molecule has 0 fully saturated rings. The van der Waals surface area contributed by atoms with E-state index in [-0.39, 0.29) is 0 Å². The van der Waals surface area contributed by atoms with Crippen LogP contribution in [0.2, 0.25) is 0 Å². The molecule has 90 valence electrons. The molecule has 0 aliphatic rings. The summed E-state index contributed by atoms with van der Waals surface area (Å²) >= 11 is 0. The van der Waals surface area contributed by atoms with E-state index in [1.807, 2.05) is 24.3 Å². The highest BCUT2D eigenvalue weighted by Crippen LogP contribution is 2.20. The van der Waals surface area contributed by atoms with Crippen molar-refractivity contribution in [3.05, 3.63) is 30.0 Å². The smallest absolute Gasteiger partial charge is 0.169 e. The standard InChI is InChI=1S/C12H16N4O/c1-3-5-11-12(13)14-15-16(11)9-6-4-7-10(8-9)17-2/h4,6-8H,3,5,13H2,1-2H3. The van der Waals surface area contributed by atoms with Gasteiger partial charge in [-0.3, -0.25) is 0 Å². The van der Waals surface area contributed by atoms with E-state index in [1.54, 1.807) is 11.8 Å². The van der Waals surface area contributed by atoms with Gasteiger partial charge in [0.2, 0.25) is 0 Å². The molecule has 1 heterocycles. The Hall–Kier alpha value is -2.04. The largest absolute Gasteiger partial charge is 0.497 e. The molecule has 2 aromatic rings. The Morgan fingerprint density at radius 3 is 2.94 bits per heavy atom. The van der Waals surface area contributed by atoms with Gasteiger partial charge in [-0.25, -0.2) is 4.68 Å². The third-order valence-electron chi connectivity index (χ3n) is 2.58. The number of hydrogen-bond donors (Lipinski definition) is 1. The van der Waals surface area contributed by atoms with Gasteiger partial charge in [0.25, 0.3) is 0 Å². The number of nitrogens with zero attached hydrogens (tertiary/aromatic N) is 3. The SMILES string of the molecule is CCCc1c(N)nnn1-c1cccc(OC)c1. The molecular formula is C12H16N4O. The summed E-state index contributed by atoms with van der Waals surface area (Å²) in [5, 5.41) is 7.98. The van der Waals surface area contributed by atoms with Gasteiger partial charge in [0.15, 0.2) is 5.82 Å². The van der Waals surface area contributed by atoms with Gasteiger partial charge in [-0.2, -0.15) is 0 Å². The second kappa shape index (κ2) is 4.86. The van der Waals surface area contributed by atoms with E-state index >= 15 is 0 Å². The zero-order chi connectivity index (χ0) is 12.3. The summed E-state index contributed by atoms with van der Waals surface area (Å²) < 4.78 is 6.96. The highest BCUT2D eigenvalue weighted by molar-refractivity contribution is 5.44. The number of rotatable bonds is 4. The van der Waals surface area contributed by atoms with Gasteiger partial charge in [0.1, 0.15) is 5.75 Å². The highest BCUT2D eigenvalue weighted by Gasteiger charge is 2.11.